The van der Waals surface area contributed by atoms with Gasteiger partial charge in [-0.2, -0.15) is 15.1 Å². The summed E-state index contributed by atoms with van der Waals surface area (Å²) in [7, 11) is 1.74. The Morgan fingerprint density at radius 3 is 3.19 bits per heavy atom. The van der Waals surface area contributed by atoms with E-state index in [2.05, 4.69) is 31.4 Å². The highest BCUT2D eigenvalue weighted by molar-refractivity contribution is 5.80. The van der Waals surface area contributed by atoms with Crippen LogP contribution >= 0.6 is 0 Å². The first-order valence-electron chi connectivity index (χ1n) is 4.80. The van der Waals surface area contributed by atoms with Crippen LogP contribution in [0.1, 0.15) is 6.42 Å². The van der Waals surface area contributed by atoms with Gasteiger partial charge in [-0.25, -0.2) is 0 Å². The summed E-state index contributed by atoms with van der Waals surface area (Å²) in [4.78, 5) is 8.37. The predicted octanol–water partition coefficient (Wildman–Crippen LogP) is 0.797. The summed E-state index contributed by atoms with van der Waals surface area (Å²) in [5.74, 6) is 3.46. The molecule has 6 nitrogen and oxygen atoms in total. The quantitative estimate of drug-likeness (QED) is 0.585. The van der Waals surface area contributed by atoms with Crippen molar-refractivity contribution in [2.24, 2.45) is 0 Å². The highest BCUT2D eigenvalue weighted by Crippen LogP contribution is 2.21. The number of terminal acetylenes is 1. The fourth-order valence-corrected chi connectivity index (χ4v) is 1.24. The van der Waals surface area contributed by atoms with Crippen LogP contribution < -0.4 is 10.1 Å². The Bertz CT molecular complexity index is 527. The molecule has 0 atom stereocenters. The minimum Gasteiger partial charge on any atom is -0.476 e. The van der Waals surface area contributed by atoms with Gasteiger partial charge in [0, 0.05) is 13.5 Å². The molecular weight excluding hydrogens is 206 g/mol. The molecule has 2 rings (SSSR count). The molecule has 0 aromatic carbocycles. The molecule has 2 N–H and O–H groups in total. The summed E-state index contributed by atoms with van der Waals surface area (Å²) in [5, 5.41) is 10.2. The van der Waals surface area contributed by atoms with Gasteiger partial charge in [0.1, 0.15) is 12.0 Å². The summed E-state index contributed by atoms with van der Waals surface area (Å²) >= 11 is 0. The third-order valence-corrected chi connectivity index (χ3v) is 1.98. The second-order valence-corrected chi connectivity index (χ2v) is 3.04. The summed E-state index contributed by atoms with van der Waals surface area (Å²) in [6.45, 7) is 0.428. The van der Waals surface area contributed by atoms with E-state index in [4.69, 9.17) is 11.2 Å². The number of hydrogen-bond acceptors (Lipinski definition) is 5. The number of nitrogens with one attached hydrogen (secondary N) is 2. The van der Waals surface area contributed by atoms with Gasteiger partial charge in [0.25, 0.3) is 0 Å². The largest absolute Gasteiger partial charge is 0.476 e. The van der Waals surface area contributed by atoms with Gasteiger partial charge in [-0.15, -0.1) is 12.3 Å². The van der Waals surface area contributed by atoms with Gasteiger partial charge in [0.2, 0.25) is 11.8 Å². The number of ether oxygens (including phenoxy) is 1. The molecule has 0 aliphatic rings. The lowest BCUT2D eigenvalue weighted by atomic mass is 10.4. The van der Waals surface area contributed by atoms with Crippen LogP contribution in [-0.2, 0) is 0 Å². The molecule has 0 fully saturated rings. The topological polar surface area (TPSA) is 75.7 Å². The molecule has 0 bridgehead atoms. The van der Waals surface area contributed by atoms with Gasteiger partial charge in [0.15, 0.2) is 5.65 Å². The maximum atomic E-state index is 5.47. The van der Waals surface area contributed by atoms with Gasteiger partial charge < -0.3 is 10.1 Å². The maximum absolute atomic E-state index is 5.47. The first-order valence-corrected chi connectivity index (χ1v) is 4.80. The molecule has 0 amide bonds. The Kier molecular flexibility index (Phi) is 2.87. The smallest absolute Gasteiger partial charge is 0.229 e. The summed E-state index contributed by atoms with van der Waals surface area (Å²) in [5.41, 5.74) is 0.634. The summed E-state index contributed by atoms with van der Waals surface area (Å²) in [6, 6.07) is 0. The zero-order valence-electron chi connectivity index (χ0n) is 8.82. The third kappa shape index (κ3) is 1.88. The van der Waals surface area contributed by atoms with E-state index in [1.807, 2.05) is 0 Å². The van der Waals surface area contributed by atoms with Gasteiger partial charge >= 0.3 is 0 Å². The molecular formula is C10H11N5O. The van der Waals surface area contributed by atoms with Crippen LogP contribution in [0.5, 0.6) is 5.88 Å². The van der Waals surface area contributed by atoms with Crippen molar-refractivity contribution in [2.45, 2.75) is 6.42 Å². The van der Waals surface area contributed by atoms with Crippen molar-refractivity contribution in [2.75, 3.05) is 19.0 Å². The number of anilines is 1. The molecule has 16 heavy (non-hydrogen) atoms. The molecule has 0 radical (unpaired) electrons. The van der Waals surface area contributed by atoms with Crippen LogP contribution in [0.4, 0.5) is 5.95 Å². The molecule has 6 heteroatoms. The van der Waals surface area contributed by atoms with E-state index in [1.165, 1.54) is 0 Å². The van der Waals surface area contributed by atoms with Crippen LogP contribution in [0.25, 0.3) is 11.0 Å². The number of fused-ring (bicyclic) bond motifs is 1. The van der Waals surface area contributed by atoms with Crippen LogP contribution in [0.15, 0.2) is 6.20 Å². The zero-order valence-corrected chi connectivity index (χ0v) is 8.82. The Labute approximate surface area is 92.4 Å². The normalized spacial score (nSPS) is 10.0. The van der Waals surface area contributed by atoms with Crippen molar-refractivity contribution in [1.29, 1.82) is 0 Å². The van der Waals surface area contributed by atoms with Crippen LogP contribution in [0.2, 0.25) is 0 Å². The van der Waals surface area contributed by atoms with Crippen LogP contribution in [0.3, 0.4) is 0 Å². The lowest BCUT2D eigenvalue weighted by Gasteiger charge is -2.05. The molecule has 0 aliphatic carbocycles. The molecule has 2 heterocycles. The fraction of sp³-hybridized carbons (Fsp3) is 0.300. The second kappa shape index (κ2) is 4.49. The standard InChI is InChI=1S/C10H11N5O/c1-3-4-5-16-9-7-6-12-15-8(7)13-10(11-2)14-9/h1,6H,4-5H2,2H3,(H2,11,12,13,14,15). The lowest BCUT2D eigenvalue weighted by molar-refractivity contribution is 0.319. The minimum atomic E-state index is 0.428. The van der Waals surface area contributed by atoms with Gasteiger partial charge in [-0.05, 0) is 0 Å². The average Bonchev–Trinajstić information content (AvgIpc) is 2.77. The van der Waals surface area contributed by atoms with Gasteiger partial charge in [0.05, 0.1) is 6.20 Å². The van der Waals surface area contributed by atoms with Crippen molar-refractivity contribution in [3.05, 3.63) is 6.20 Å². The van der Waals surface area contributed by atoms with Crippen molar-refractivity contribution < 1.29 is 4.74 Å². The Balaban J connectivity index is 2.33. The molecule has 2 aromatic rings. The average molecular weight is 217 g/mol. The van der Waals surface area contributed by atoms with E-state index in [0.717, 1.165) is 5.39 Å². The van der Waals surface area contributed by atoms with E-state index >= 15 is 0 Å². The van der Waals surface area contributed by atoms with Crippen LogP contribution in [-0.4, -0.2) is 33.8 Å². The third-order valence-electron chi connectivity index (χ3n) is 1.98. The van der Waals surface area contributed by atoms with Crippen molar-refractivity contribution >= 4 is 17.0 Å². The Morgan fingerprint density at radius 2 is 2.44 bits per heavy atom. The minimum absolute atomic E-state index is 0.428. The number of rotatable bonds is 4. The number of H-pyrrole nitrogens is 1. The molecule has 82 valence electrons. The number of hydrogen-bond donors (Lipinski definition) is 2. The number of aromatic nitrogens is 4. The van der Waals surface area contributed by atoms with E-state index in [9.17, 15) is 0 Å². The fourth-order valence-electron chi connectivity index (χ4n) is 1.24. The lowest BCUT2D eigenvalue weighted by Crippen LogP contribution is -2.02. The highest BCUT2D eigenvalue weighted by atomic mass is 16.5. The molecule has 0 aliphatic heterocycles. The molecule has 2 aromatic heterocycles. The molecule has 0 saturated carbocycles. The van der Waals surface area contributed by atoms with Gasteiger partial charge in [-0.1, -0.05) is 0 Å². The van der Waals surface area contributed by atoms with Crippen molar-refractivity contribution in [3.63, 3.8) is 0 Å². The molecule has 0 spiro atoms. The zero-order chi connectivity index (χ0) is 11.4. The number of aromatic amines is 1. The summed E-state index contributed by atoms with van der Waals surface area (Å²) < 4.78 is 5.47. The predicted molar refractivity (Wildman–Crippen MR) is 60.2 cm³/mol. The van der Waals surface area contributed by atoms with E-state index in [0.29, 0.717) is 30.5 Å². The molecule has 0 saturated heterocycles. The van der Waals surface area contributed by atoms with Crippen molar-refractivity contribution in [1.82, 2.24) is 20.2 Å². The van der Waals surface area contributed by atoms with Crippen molar-refractivity contribution in [3.8, 4) is 18.2 Å². The van der Waals surface area contributed by atoms with Crippen LogP contribution in [0, 0.1) is 12.3 Å². The molecule has 0 unspecified atom stereocenters. The van der Waals surface area contributed by atoms with E-state index in [-0.39, 0.29) is 0 Å². The maximum Gasteiger partial charge on any atom is 0.229 e. The second-order valence-electron chi connectivity index (χ2n) is 3.04. The SMILES string of the molecule is C#CCCOc1nc(NC)nc2[nH]ncc12. The van der Waals surface area contributed by atoms with E-state index < -0.39 is 0 Å². The van der Waals surface area contributed by atoms with Gasteiger partial charge in [-0.3, -0.25) is 5.10 Å². The highest BCUT2D eigenvalue weighted by Gasteiger charge is 2.09. The monoisotopic (exact) mass is 217 g/mol. The first-order chi connectivity index (χ1) is 7.85. The Hall–Kier alpha value is -2.29. The summed E-state index contributed by atoms with van der Waals surface area (Å²) in [6.07, 6.45) is 7.31. The van der Waals surface area contributed by atoms with E-state index in [1.54, 1.807) is 13.2 Å². The number of nitrogens with zero attached hydrogens (tertiary/aromatic N) is 3. The first kappa shape index (κ1) is 10.2. The Morgan fingerprint density at radius 1 is 1.56 bits per heavy atom.